The quantitative estimate of drug-likeness (QED) is 0.154. The number of carbonyl (C=O) groups is 3. The van der Waals surface area contributed by atoms with E-state index in [0.717, 1.165) is 11.1 Å². The number of hydrogen-bond acceptors (Lipinski definition) is 5. The van der Waals surface area contributed by atoms with Gasteiger partial charge < -0.3 is 14.3 Å². The summed E-state index contributed by atoms with van der Waals surface area (Å²) in [4.78, 5) is 36.8. The first-order valence-electron chi connectivity index (χ1n) is 9.04. The Morgan fingerprint density at radius 3 is 1.68 bits per heavy atom. The molecule has 0 fully saturated rings. The number of benzene rings is 2. The molecular formula is C22H23IO5. The number of rotatable bonds is 11. The van der Waals surface area contributed by atoms with Gasteiger partial charge in [0.1, 0.15) is 19.5 Å². The zero-order valence-electron chi connectivity index (χ0n) is 15.5. The van der Waals surface area contributed by atoms with Gasteiger partial charge >= 0.3 is 11.9 Å². The largest absolute Gasteiger partial charge is 0.460 e. The van der Waals surface area contributed by atoms with Crippen molar-refractivity contribution in [2.45, 2.75) is 32.5 Å². The normalized spacial score (nSPS) is 10.9. The number of ether oxygens (including phenoxy) is 2. The third-order valence-electron chi connectivity index (χ3n) is 4.42. The molecule has 2 aromatic rings. The number of alkyl halides is 1. The molecule has 0 amide bonds. The highest BCUT2D eigenvalue weighted by atomic mass is 127. The van der Waals surface area contributed by atoms with E-state index in [9.17, 15) is 14.4 Å². The number of hydrogen-bond donors (Lipinski definition) is 0. The minimum absolute atomic E-state index is 0.0652. The van der Waals surface area contributed by atoms with Crippen molar-refractivity contribution >= 4 is 40.8 Å². The minimum atomic E-state index is -1.48. The second-order valence-electron chi connectivity index (χ2n) is 6.35. The van der Waals surface area contributed by atoms with E-state index in [0.29, 0.717) is 10.7 Å². The fourth-order valence-electron chi connectivity index (χ4n) is 2.81. The van der Waals surface area contributed by atoms with Gasteiger partial charge in [0.2, 0.25) is 0 Å². The molecule has 5 nitrogen and oxygen atoms in total. The number of carbonyl (C=O) groups excluding carboxylic acids is 3. The van der Waals surface area contributed by atoms with Crippen molar-refractivity contribution in [3.8, 4) is 0 Å². The average Bonchev–Trinajstić information content (AvgIpc) is 2.74. The van der Waals surface area contributed by atoms with Gasteiger partial charge in [0.15, 0.2) is 5.41 Å². The summed E-state index contributed by atoms with van der Waals surface area (Å²) < 4.78 is 11.5. The van der Waals surface area contributed by atoms with Crippen LogP contribution in [0.1, 0.15) is 30.4 Å². The van der Waals surface area contributed by atoms with E-state index in [1.807, 2.05) is 60.7 Å². The third kappa shape index (κ3) is 6.15. The van der Waals surface area contributed by atoms with Crippen LogP contribution in [0.3, 0.4) is 0 Å². The predicted molar refractivity (Wildman–Crippen MR) is 114 cm³/mol. The highest BCUT2D eigenvalue weighted by molar-refractivity contribution is 14.1. The van der Waals surface area contributed by atoms with Crippen LogP contribution in [0.2, 0.25) is 0 Å². The molecule has 0 aliphatic rings. The Kier molecular flexibility index (Phi) is 9.13. The van der Waals surface area contributed by atoms with Crippen molar-refractivity contribution in [1.82, 2.24) is 0 Å². The molecule has 0 aliphatic carbocycles. The summed E-state index contributed by atoms with van der Waals surface area (Å²) in [5.41, 5.74) is 0.172. The van der Waals surface area contributed by atoms with Gasteiger partial charge in [-0.1, -0.05) is 83.3 Å². The maximum Gasteiger partial charge on any atom is 0.323 e. The van der Waals surface area contributed by atoms with Gasteiger partial charge in [0.25, 0.3) is 0 Å². The van der Waals surface area contributed by atoms with Gasteiger partial charge in [-0.2, -0.15) is 0 Å². The molecule has 0 radical (unpaired) electrons. The molecule has 0 aliphatic heterocycles. The highest BCUT2D eigenvalue weighted by Gasteiger charge is 2.48. The van der Waals surface area contributed by atoms with Gasteiger partial charge in [-0.15, -0.1) is 0 Å². The summed E-state index contributed by atoms with van der Waals surface area (Å²) in [5, 5.41) is 0. The topological polar surface area (TPSA) is 69.7 Å². The summed E-state index contributed by atoms with van der Waals surface area (Å²) in [6, 6.07) is 18.5. The van der Waals surface area contributed by atoms with E-state index >= 15 is 0 Å². The molecular weight excluding hydrogens is 471 g/mol. The van der Waals surface area contributed by atoms with Gasteiger partial charge in [0, 0.05) is 10.8 Å². The van der Waals surface area contributed by atoms with Crippen molar-refractivity contribution in [2.75, 3.05) is 4.43 Å². The summed E-state index contributed by atoms with van der Waals surface area (Å²) >= 11 is 2.11. The molecule has 0 heterocycles. The first kappa shape index (κ1) is 22.1. The van der Waals surface area contributed by atoms with Crippen molar-refractivity contribution in [3.05, 3.63) is 71.8 Å². The molecule has 0 atom stereocenters. The van der Waals surface area contributed by atoms with Crippen LogP contribution >= 0.6 is 22.6 Å². The Bertz CT molecular complexity index is 706. The fraction of sp³-hybridized carbons (Fsp3) is 0.318. The lowest BCUT2D eigenvalue weighted by atomic mass is 9.80. The van der Waals surface area contributed by atoms with Crippen LogP contribution in [0.25, 0.3) is 0 Å². The van der Waals surface area contributed by atoms with Gasteiger partial charge in [-0.3, -0.25) is 9.59 Å². The number of esters is 2. The molecule has 6 heteroatoms. The monoisotopic (exact) mass is 494 g/mol. The van der Waals surface area contributed by atoms with E-state index in [4.69, 9.17) is 9.47 Å². The third-order valence-corrected chi connectivity index (χ3v) is 4.96. The molecule has 0 aromatic heterocycles. The zero-order chi connectivity index (χ0) is 20.2. The second kappa shape index (κ2) is 11.6. The second-order valence-corrected chi connectivity index (χ2v) is 7.43. The predicted octanol–water partition coefficient (Wildman–Crippen LogP) is 4.26. The summed E-state index contributed by atoms with van der Waals surface area (Å²) in [6.07, 6.45) is 1.11. The molecule has 0 saturated heterocycles. The van der Waals surface area contributed by atoms with Gasteiger partial charge in [-0.05, 0) is 24.0 Å². The zero-order valence-corrected chi connectivity index (χ0v) is 17.7. The van der Waals surface area contributed by atoms with Crippen molar-refractivity contribution in [3.63, 3.8) is 0 Å². The lowest BCUT2D eigenvalue weighted by molar-refractivity contribution is -0.175. The molecule has 0 saturated carbocycles. The lowest BCUT2D eigenvalue weighted by Gasteiger charge is -2.28. The lowest BCUT2D eigenvalue weighted by Crippen LogP contribution is -2.42. The number of halogens is 1. The molecule has 0 N–H and O–H groups in total. The van der Waals surface area contributed by atoms with E-state index in [1.54, 1.807) is 0 Å². The van der Waals surface area contributed by atoms with Crippen LogP contribution < -0.4 is 0 Å². The first-order chi connectivity index (χ1) is 13.6. The maximum absolute atomic E-state index is 12.9. The molecule has 148 valence electrons. The summed E-state index contributed by atoms with van der Waals surface area (Å²) in [7, 11) is 0. The van der Waals surface area contributed by atoms with E-state index in [-0.39, 0.29) is 32.5 Å². The molecule has 0 bridgehead atoms. The van der Waals surface area contributed by atoms with Crippen molar-refractivity contribution in [1.29, 1.82) is 0 Å². The van der Waals surface area contributed by atoms with Crippen molar-refractivity contribution in [2.24, 2.45) is 5.41 Å². The molecule has 28 heavy (non-hydrogen) atoms. The van der Waals surface area contributed by atoms with Gasteiger partial charge in [0.05, 0.1) is 0 Å². The van der Waals surface area contributed by atoms with E-state index in [2.05, 4.69) is 22.6 Å². The Morgan fingerprint density at radius 2 is 1.29 bits per heavy atom. The maximum atomic E-state index is 12.9. The molecule has 0 spiro atoms. The Hall–Kier alpha value is -2.22. The standard InChI is InChI=1S/C22H23IO5/c23-14-13-22(12-7-15-24,20(25)27-16-18-8-3-1-4-9-18)21(26)28-17-19-10-5-2-6-11-19/h1-6,8-11,15H,7,12-14,16-17H2. The van der Waals surface area contributed by atoms with Crippen LogP contribution in [0.15, 0.2) is 60.7 Å². The van der Waals surface area contributed by atoms with Gasteiger partial charge in [-0.25, -0.2) is 0 Å². The van der Waals surface area contributed by atoms with Crippen LogP contribution in [0, 0.1) is 5.41 Å². The summed E-state index contributed by atoms with van der Waals surface area (Å²) in [6.45, 7) is 0.130. The van der Waals surface area contributed by atoms with E-state index < -0.39 is 17.4 Å². The van der Waals surface area contributed by atoms with Crippen LogP contribution in [-0.4, -0.2) is 22.7 Å². The Morgan fingerprint density at radius 1 is 0.821 bits per heavy atom. The van der Waals surface area contributed by atoms with Crippen LogP contribution in [0.4, 0.5) is 0 Å². The Labute approximate surface area is 178 Å². The summed E-state index contributed by atoms with van der Waals surface area (Å²) in [5.74, 6) is -1.29. The van der Waals surface area contributed by atoms with Crippen molar-refractivity contribution < 1.29 is 23.9 Å². The molecule has 0 unspecified atom stereocenters. The van der Waals surface area contributed by atoms with Crippen LogP contribution in [-0.2, 0) is 37.1 Å². The van der Waals surface area contributed by atoms with E-state index in [1.165, 1.54) is 0 Å². The Balaban J connectivity index is 2.15. The molecule has 2 rings (SSSR count). The molecule has 2 aromatic carbocycles. The average molecular weight is 494 g/mol. The first-order valence-corrected chi connectivity index (χ1v) is 10.6. The SMILES string of the molecule is O=CCCC(CCI)(C(=O)OCc1ccccc1)C(=O)OCc1ccccc1. The fourth-order valence-corrected chi connectivity index (χ4v) is 3.73. The smallest absolute Gasteiger partial charge is 0.323 e. The number of aldehydes is 1. The highest BCUT2D eigenvalue weighted by Crippen LogP contribution is 2.33. The van der Waals surface area contributed by atoms with Crippen LogP contribution in [0.5, 0.6) is 0 Å². The minimum Gasteiger partial charge on any atom is -0.460 e.